The van der Waals surface area contributed by atoms with Crippen LogP contribution < -0.4 is 0 Å². The van der Waals surface area contributed by atoms with Gasteiger partial charge in [-0.15, -0.1) is 0 Å². The molecule has 0 saturated heterocycles. The number of benzene rings is 1. The van der Waals surface area contributed by atoms with E-state index in [1.807, 2.05) is 0 Å². The zero-order chi connectivity index (χ0) is 10.9. The molecule has 0 fully saturated rings. The lowest BCUT2D eigenvalue weighted by atomic mass is 10.4. The lowest BCUT2D eigenvalue weighted by Gasteiger charge is -2.04. The van der Waals surface area contributed by atoms with Crippen LogP contribution in [0.25, 0.3) is 0 Å². The molecule has 0 heterocycles. The van der Waals surface area contributed by atoms with E-state index in [9.17, 15) is 8.42 Å². The second-order valence-corrected chi connectivity index (χ2v) is 5.08. The first-order valence-corrected chi connectivity index (χ1v) is 5.76. The van der Waals surface area contributed by atoms with Gasteiger partial charge in [0.05, 0.1) is 27.1 Å². The quantitative estimate of drug-likeness (QED) is 0.614. The SMILES string of the molecule is [CH2]OS(=O)(=O)c1cc(Cl)c(Cl)c(Cl)c1. The minimum absolute atomic E-state index is 0.0368. The van der Waals surface area contributed by atoms with E-state index in [1.165, 1.54) is 0 Å². The Bertz CT molecular complexity index is 432. The molecule has 0 aromatic heterocycles. The van der Waals surface area contributed by atoms with Gasteiger partial charge in [0.25, 0.3) is 10.1 Å². The molecule has 14 heavy (non-hydrogen) atoms. The first kappa shape index (κ1) is 12.1. The Morgan fingerprint density at radius 3 is 1.93 bits per heavy atom. The molecule has 1 radical (unpaired) electrons. The standard InChI is InChI=1S/C7H4Cl3O3S/c1-13-14(11,12)4-2-5(8)7(10)6(9)3-4/h2-3H,1H2. The minimum Gasteiger partial charge on any atom is -0.264 e. The van der Waals surface area contributed by atoms with Crippen molar-refractivity contribution in [1.82, 2.24) is 0 Å². The molecule has 0 aliphatic heterocycles. The maximum absolute atomic E-state index is 11.2. The molecule has 0 unspecified atom stereocenters. The first-order valence-electron chi connectivity index (χ1n) is 3.21. The van der Waals surface area contributed by atoms with Gasteiger partial charge in [-0.2, -0.15) is 8.42 Å². The van der Waals surface area contributed by atoms with Gasteiger partial charge in [-0.05, 0) is 12.1 Å². The van der Waals surface area contributed by atoms with Gasteiger partial charge in [0.1, 0.15) is 0 Å². The summed E-state index contributed by atoms with van der Waals surface area (Å²) in [6.07, 6.45) is 0. The van der Waals surface area contributed by atoms with Gasteiger partial charge in [0, 0.05) is 0 Å². The summed E-state index contributed by atoms with van der Waals surface area (Å²) in [6, 6.07) is 2.27. The number of halogens is 3. The fourth-order valence-corrected chi connectivity index (χ4v) is 2.13. The summed E-state index contributed by atoms with van der Waals surface area (Å²) in [4.78, 5) is -0.188. The van der Waals surface area contributed by atoms with Crippen molar-refractivity contribution in [2.24, 2.45) is 0 Å². The first-order chi connectivity index (χ1) is 6.38. The summed E-state index contributed by atoms with van der Waals surface area (Å²) in [5.41, 5.74) is 0. The third kappa shape index (κ3) is 2.32. The van der Waals surface area contributed by atoms with Gasteiger partial charge in [0.2, 0.25) is 0 Å². The van der Waals surface area contributed by atoms with Crippen molar-refractivity contribution < 1.29 is 12.6 Å². The Morgan fingerprint density at radius 2 is 1.57 bits per heavy atom. The monoisotopic (exact) mass is 273 g/mol. The van der Waals surface area contributed by atoms with Crippen LogP contribution in [0, 0.1) is 7.11 Å². The fourth-order valence-electron chi connectivity index (χ4n) is 0.745. The van der Waals surface area contributed by atoms with E-state index in [0.29, 0.717) is 0 Å². The smallest absolute Gasteiger partial charge is 0.264 e. The fraction of sp³-hybridized carbons (Fsp3) is 0. The summed E-state index contributed by atoms with van der Waals surface area (Å²) in [7, 11) is -1.09. The third-order valence-corrected chi connectivity index (χ3v) is 3.72. The lowest BCUT2D eigenvalue weighted by Crippen LogP contribution is -2.01. The van der Waals surface area contributed by atoms with Gasteiger partial charge in [-0.25, -0.2) is 0 Å². The summed E-state index contributed by atoms with van der Waals surface area (Å²) in [5, 5.41) is 0.168. The van der Waals surface area contributed by atoms with Crippen molar-refractivity contribution in [3.8, 4) is 0 Å². The van der Waals surface area contributed by atoms with Gasteiger partial charge in [0.15, 0.2) is 0 Å². The average molecular weight is 275 g/mol. The van der Waals surface area contributed by atoms with E-state index in [2.05, 4.69) is 11.3 Å². The van der Waals surface area contributed by atoms with Crippen LogP contribution in [0.15, 0.2) is 17.0 Å². The van der Waals surface area contributed by atoms with Crippen molar-refractivity contribution in [3.05, 3.63) is 34.3 Å². The molecule has 0 aliphatic carbocycles. The number of rotatable bonds is 2. The molecule has 3 nitrogen and oxygen atoms in total. The maximum Gasteiger partial charge on any atom is 0.297 e. The Kier molecular flexibility index (Phi) is 3.66. The summed E-state index contributed by atoms with van der Waals surface area (Å²) >= 11 is 16.9. The predicted molar refractivity (Wildman–Crippen MR) is 55.1 cm³/mol. The molecule has 0 saturated carbocycles. The normalized spacial score (nSPS) is 11.7. The molecule has 1 aromatic rings. The zero-order valence-electron chi connectivity index (χ0n) is 6.63. The summed E-state index contributed by atoms with van der Waals surface area (Å²) in [5.74, 6) is 0. The van der Waals surface area contributed by atoms with Gasteiger partial charge < -0.3 is 0 Å². The van der Waals surface area contributed by atoms with Crippen molar-refractivity contribution in [2.45, 2.75) is 4.90 Å². The minimum atomic E-state index is -3.90. The van der Waals surface area contributed by atoms with Crippen LogP contribution in [0.3, 0.4) is 0 Å². The van der Waals surface area contributed by atoms with Gasteiger partial charge in [-0.3, -0.25) is 4.18 Å². The van der Waals surface area contributed by atoms with Crippen molar-refractivity contribution >= 4 is 44.9 Å². The second-order valence-electron chi connectivity index (χ2n) is 2.27. The van der Waals surface area contributed by atoms with E-state index in [4.69, 9.17) is 34.8 Å². The van der Waals surface area contributed by atoms with Crippen molar-refractivity contribution in [2.75, 3.05) is 0 Å². The average Bonchev–Trinajstić information content (AvgIpc) is 2.13. The van der Waals surface area contributed by atoms with E-state index < -0.39 is 10.1 Å². The number of hydrogen-bond acceptors (Lipinski definition) is 3. The van der Waals surface area contributed by atoms with E-state index in [-0.39, 0.29) is 20.0 Å². The van der Waals surface area contributed by atoms with Crippen LogP contribution in [0.2, 0.25) is 15.1 Å². The molecule has 7 heteroatoms. The molecular formula is C7H4Cl3O3S. The highest BCUT2D eigenvalue weighted by molar-refractivity contribution is 7.86. The van der Waals surface area contributed by atoms with Gasteiger partial charge >= 0.3 is 0 Å². The Morgan fingerprint density at radius 1 is 1.14 bits per heavy atom. The van der Waals surface area contributed by atoms with Crippen LogP contribution in [-0.2, 0) is 14.3 Å². The predicted octanol–water partition coefficient (Wildman–Crippen LogP) is 3.14. The second kappa shape index (κ2) is 4.24. The molecule has 0 amide bonds. The molecule has 0 aliphatic rings. The molecule has 0 N–H and O–H groups in total. The van der Waals surface area contributed by atoms with Crippen LogP contribution in [0.5, 0.6) is 0 Å². The highest BCUT2D eigenvalue weighted by Gasteiger charge is 2.16. The molecule has 1 aromatic carbocycles. The van der Waals surface area contributed by atoms with E-state index >= 15 is 0 Å². The lowest BCUT2D eigenvalue weighted by molar-refractivity contribution is 0.438. The third-order valence-electron chi connectivity index (χ3n) is 1.40. The van der Waals surface area contributed by atoms with Crippen molar-refractivity contribution in [3.63, 3.8) is 0 Å². The maximum atomic E-state index is 11.2. The van der Waals surface area contributed by atoms with Crippen LogP contribution in [0.4, 0.5) is 0 Å². The van der Waals surface area contributed by atoms with Gasteiger partial charge in [-0.1, -0.05) is 34.8 Å². The van der Waals surface area contributed by atoms with Crippen LogP contribution >= 0.6 is 34.8 Å². The topological polar surface area (TPSA) is 43.4 Å². The van der Waals surface area contributed by atoms with Crippen molar-refractivity contribution in [1.29, 1.82) is 0 Å². The molecule has 77 valence electrons. The number of hydrogen-bond donors (Lipinski definition) is 0. The highest BCUT2D eigenvalue weighted by atomic mass is 35.5. The molecular weight excluding hydrogens is 270 g/mol. The Labute approximate surface area is 96.7 Å². The van der Waals surface area contributed by atoms with E-state index in [1.54, 1.807) is 0 Å². The summed E-state index contributed by atoms with van der Waals surface area (Å²) < 4.78 is 26.4. The molecule has 0 bridgehead atoms. The Hall–Kier alpha value is -0.000000000000000111. The van der Waals surface area contributed by atoms with Crippen LogP contribution in [-0.4, -0.2) is 8.42 Å². The molecule has 0 atom stereocenters. The highest BCUT2D eigenvalue weighted by Crippen LogP contribution is 2.33. The zero-order valence-corrected chi connectivity index (χ0v) is 9.71. The Balaban J connectivity index is 3.41. The molecule has 0 spiro atoms. The molecule has 1 rings (SSSR count). The largest absolute Gasteiger partial charge is 0.297 e. The van der Waals surface area contributed by atoms with E-state index in [0.717, 1.165) is 12.1 Å². The summed E-state index contributed by atoms with van der Waals surface area (Å²) in [6.45, 7) is 0. The van der Waals surface area contributed by atoms with Crippen LogP contribution in [0.1, 0.15) is 0 Å².